The zero-order valence-electron chi connectivity index (χ0n) is 9.78. The molecule has 1 heterocycles. The van der Waals surface area contributed by atoms with Gasteiger partial charge in [0.05, 0.1) is 0 Å². The number of hydrogen-bond acceptors (Lipinski definition) is 5. The Morgan fingerprint density at radius 2 is 2.00 bits per heavy atom. The van der Waals surface area contributed by atoms with Gasteiger partial charge in [-0.25, -0.2) is 0 Å². The minimum Gasteiger partial charge on any atom is -0.445 e. The molecule has 0 radical (unpaired) electrons. The molecule has 17 heavy (non-hydrogen) atoms. The van der Waals surface area contributed by atoms with Gasteiger partial charge in [0.25, 0.3) is 0 Å². The van der Waals surface area contributed by atoms with Crippen LogP contribution >= 0.6 is 23.1 Å². The third-order valence-corrected chi connectivity index (χ3v) is 3.96. The number of thioether (sulfide) groups is 1. The average molecular weight is 307 g/mol. The third kappa shape index (κ3) is 6.08. The standard InChI is InChI=1S/C7H10BF3N3S2.K/c1-5(8(9,10)11)4-15-7-13-12-6(16-7)14(2)3;/h1,4H2,2-3H3;/q-1;+1. The molecule has 0 bridgehead atoms. The number of nitrogens with zero attached hydrogens (tertiary/aromatic N) is 3. The van der Waals surface area contributed by atoms with Gasteiger partial charge in [-0.15, -0.1) is 22.2 Å². The molecule has 10 heteroatoms. The van der Waals surface area contributed by atoms with Crippen molar-refractivity contribution in [3.05, 3.63) is 12.1 Å². The number of anilines is 1. The summed E-state index contributed by atoms with van der Waals surface area (Å²) in [6.07, 6.45) is 0. The van der Waals surface area contributed by atoms with Gasteiger partial charge in [0.2, 0.25) is 5.13 Å². The van der Waals surface area contributed by atoms with Crippen LogP contribution < -0.4 is 56.3 Å². The van der Waals surface area contributed by atoms with Gasteiger partial charge in [-0.05, 0) is 5.75 Å². The Morgan fingerprint density at radius 1 is 1.41 bits per heavy atom. The van der Waals surface area contributed by atoms with Crippen molar-refractivity contribution in [2.75, 3.05) is 24.7 Å². The molecule has 0 aliphatic rings. The molecule has 90 valence electrons. The first kappa shape index (κ1) is 17.9. The fraction of sp³-hybridized carbons (Fsp3) is 0.429. The summed E-state index contributed by atoms with van der Waals surface area (Å²) in [5.74, 6) is -0.189. The molecule has 0 atom stereocenters. The van der Waals surface area contributed by atoms with Crippen molar-refractivity contribution < 1.29 is 64.3 Å². The smallest absolute Gasteiger partial charge is 0.445 e. The topological polar surface area (TPSA) is 29.0 Å². The monoisotopic (exact) mass is 307 g/mol. The van der Waals surface area contributed by atoms with E-state index in [-0.39, 0.29) is 57.1 Å². The zero-order valence-corrected chi connectivity index (χ0v) is 14.5. The Bertz CT molecular complexity index is 383. The second kappa shape index (κ2) is 7.51. The maximum absolute atomic E-state index is 12.2. The molecule has 1 rings (SSSR count). The predicted octanol–water partition coefficient (Wildman–Crippen LogP) is -0.357. The van der Waals surface area contributed by atoms with Crippen LogP contribution in [-0.2, 0) is 0 Å². The normalized spacial score (nSPS) is 10.9. The molecule has 1 aromatic rings. The van der Waals surface area contributed by atoms with Crippen LogP contribution in [-0.4, -0.2) is 37.0 Å². The summed E-state index contributed by atoms with van der Waals surface area (Å²) in [7, 11) is 3.60. The van der Waals surface area contributed by atoms with Crippen molar-refractivity contribution in [1.29, 1.82) is 0 Å². The van der Waals surface area contributed by atoms with Gasteiger partial charge < -0.3 is 17.8 Å². The van der Waals surface area contributed by atoms with E-state index < -0.39 is 12.4 Å². The minimum absolute atomic E-state index is 0. The van der Waals surface area contributed by atoms with Crippen molar-refractivity contribution in [3.8, 4) is 0 Å². The molecule has 0 fully saturated rings. The van der Waals surface area contributed by atoms with E-state index in [2.05, 4.69) is 16.8 Å². The van der Waals surface area contributed by atoms with Crippen molar-refractivity contribution in [2.45, 2.75) is 4.34 Å². The third-order valence-electron chi connectivity index (χ3n) is 1.62. The summed E-state index contributed by atoms with van der Waals surface area (Å²) in [6, 6.07) is 0. The van der Waals surface area contributed by atoms with E-state index in [0.717, 1.165) is 11.8 Å². The van der Waals surface area contributed by atoms with Gasteiger partial charge in [0.1, 0.15) is 0 Å². The van der Waals surface area contributed by atoms with Gasteiger partial charge >= 0.3 is 58.4 Å². The minimum atomic E-state index is -4.95. The first-order chi connectivity index (χ1) is 7.30. The predicted molar refractivity (Wildman–Crippen MR) is 63.2 cm³/mol. The van der Waals surface area contributed by atoms with Gasteiger partial charge in [-0.1, -0.05) is 23.1 Å². The van der Waals surface area contributed by atoms with Crippen LogP contribution in [0.1, 0.15) is 0 Å². The average Bonchev–Trinajstić information content (AvgIpc) is 2.60. The first-order valence-corrected chi connectivity index (χ1v) is 6.12. The van der Waals surface area contributed by atoms with Crippen LogP contribution in [0.4, 0.5) is 18.1 Å². The number of hydrogen-bond donors (Lipinski definition) is 0. The molecule has 0 spiro atoms. The number of aromatic nitrogens is 2. The van der Waals surface area contributed by atoms with Crippen molar-refractivity contribution in [2.24, 2.45) is 0 Å². The van der Waals surface area contributed by atoms with Crippen molar-refractivity contribution in [1.82, 2.24) is 10.2 Å². The van der Waals surface area contributed by atoms with Crippen LogP contribution in [0.5, 0.6) is 0 Å². The number of rotatable bonds is 5. The largest absolute Gasteiger partial charge is 1.00 e. The van der Waals surface area contributed by atoms with E-state index in [1.807, 2.05) is 0 Å². The SMILES string of the molecule is C=C(CSc1nnc(N(C)C)s1)[B-](F)(F)F.[K+]. The molecule has 1 aromatic heterocycles. The molecule has 0 amide bonds. The quantitative estimate of drug-likeness (QED) is 0.549. The summed E-state index contributed by atoms with van der Waals surface area (Å²) < 4.78 is 37.1. The summed E-state index contributed by atoms with van der Waals surface area (Å²) in [5.41, 5.74) is -0.702. The molecule has 0 aromatic carbocycles. The Kier molecular flexibility index (Phi) is 7.93. The fourth-order valence-corrected chi connectivity index (χ4v) is 2.43. The summed E-state index contributed by atoms with van der Waals surface area (Å²) in [6.45, 7) is -1.94. The first-order valence-electron chi connectivity index (χ1n) is 4.32. The van der Waals surface area contributed by atoms with Crippen LogP contribution in [0.15, 0.2) is 16.4 Å². The summed E-state index contributed by atoms with van der Waals surface area (Å²) in [4.78, 5) is 1.75. The number of halogens is 3. The molecule has 0 N–H and O–H groups in total. The summed E-state index contributed by atoms with van der Waals surface area (Å²) >= 11 is 2.27. The Hall–Kier alpha value is 0.941. The van der Waals surface area contributed by atoms with Crippen molar-refractivity contribution in [3.63, 3.8) is 0 Å². The van der Waals surface area contributed by atoms with E-state index in [0.29, 0.717) is 9.47 Å². The zero-order chi connectivity index (χ0) is 12.3. The van der Waals surface area contributed by atoms with E-state index in [4.69, 9.17) is 0 Å². The maximum atomic E-state index is 12.2. The van der Waals surface area contributed by atoms with E-state index >= 15 is 0 Å². The molecule has 0 saturated carbocycles. The second-order valence-electron chi connectivity index (χ2n) is 3.27. The molecular weight excluding hydrogens is 297 g/mol. The van der Waals surface area contributed by atoms with E-state index in [1.165, 1.54) is 11.3 Å². The Labute approximate surface area is 149 Å². The Morgan fingerprint density at radius 3 is 2.41 bits per heavy atom. The van der Waals surface area contributed by atoms with Gasteiger partial charge in [-0.3, -0.25) is 0 Å². The van der Waals surface area contributed by atoms with Gasteiger partial charge in [0.15, 0.2) is 4.34 Å². The van der Waals surface area contributed by atoms with Crippen LogP contribution in [0, 0.1) is 0 Å². The fourth-order valence-electron chi connectivity index (χ4n) is 0.691. The van der Waals surface area contributed by atoms with Crippen LogP contribution in [0.25, 0.3) is 0 Å². The molecule has 0 aliphatic carbocycles. The van der Waals surface area contributed by atoms with E-state index in [9.17, 15) is 12.9 Å². The van der Waals surface area contributed by atoms with Gasteiger partial charge in [0, 0.05) is 14.1 Å². The van der Waals surface area contributed by atoms with Crippen LogP contribution in [0.2, 0.25) is 0 Å². The van der Waals surface area contributed by atoms with E-state index in [1.54, 1.807) is 19.0 Å². The van der Waals surface area contributed by atoms with Crippen LogP contribution in [0.3, 0.4) is 0 Å². The van der Waals surface area contributed by atoms with Crippen molar-refractivity contribution >= 4 is 35.2 Å². The molecule has 3 nitrogen and oxygen atoms in total. The second-order valence-corrected chi connectivity index (χ2v) is 5.45. The maximum Gasteiger partial charge on any atom is 1.00 e. The summed E-state index contributed by atoms with van der Waals surface area (Å²) in [5, 5.41) is 8.28. The molecule has 0 unspecified atom stereocenters. The van der Waals surface area contributed by atoms with Gasteiger partial charge in [-0.2, -0.15) is 0 Å². The molecule has 0 aliphatic heterocycles. The Balaban J connectivity index is 0.00000256. The molecule has 0 saturated heterocycles. The molecular formula is C7H10BF3KN3S2.